The molecule has 0 aliphatic heterocycles. The van der Waals surface area contributed by atoms with E-state index in [1.165, 1.54) is 0 Å². The van der Waals surface area contributed by atoms with Gasteiger partial charge in [0.1, 0.15) is 0 Å². The maximum Gasteiger partial charge on any atom is 0.0892 e. The van der Waals surface area contributed by atoms with Gasteiger partial charge < -0.3 is 10.2 Å². The predicted molar refractivity (Wildman–Crippen MR) is 78.6 cm³/mol. The van der Waals surface area contributed by atoms with Crippen molar-refractivity contribution < 1.29 is 10.2 Å². The second-order valence-electron chi connectivity index (χ2n) is 4.40. The monoisotopic (exact) mass is 270 g/mol. The molecule has 0 bridgehead atoms. The molecular weight excluding hydrogens is 252 g/mol. The van der Waals surface area contributed by atoms with Crippen LogP contribution in [0.5, 0.6) is 0 Å². The van der Waals surface area contributed by atoms with Crippen LogP contribution < -0.4 is 0 Å². The first-order chi connectivity index (χ1) is 9.85. The van der Waals surface area contributed by atoms with Crippen molar-refractivity contribution in [3.8, 4) is 0 Å². The SMILES string of the molecule is OCCc1cccc(N=Nc2ccccc2)c1CCO. The number of nitrogens with zero attached hydrogens (tertiary/aromatic N) is 2. The van der Waals surface area contributed by atoms with Crippen molar-refractivity contribution in [3.05, 3.63) is 59.7 Å². The molecule has 0 aromatic heterocycles. The van der Waals surface area contributed by atoms with Crippen molar-refractivity contribution in [3.63, 3.8) is 0 Å². The Morgan fingerprint density at radius 1 is 0.750 bits per heavy atom. The molecule has 2 aromatic carbocycles. The van der Waals surface area contributed by atoms with E-state index in [9.17, 15) is 5.11 Å². The van der Waals surface area contributed by atoms with Gasteiger partial charge in [-0.25, -0.2) is 0 Å². The van der Waals surface area contributed by atoms with Crippen molar-refractivity contribution in [1.82, 2.24) is 0 Å². The van der Waals surface area contributed by atoms with Crippen LogP contribution in [0, 0.1) is 0 Å². The van der Waals surface area contributed by atoms with E-state index in [1.54, 1.807) is 0 Å². The second kappa shape index (κ2) is 7.53. The van der Waals surface area contributed by atoms with E-state index >= 15 is 0 Å². The summed E-state index contributed by atoms with van der Waals surface area (Å²) in [6.45, 7) is 0.133. The molecule has 4 heteroatoms. The zero-order valence-corrected chi connectivity index (χ0v) is 11.2. The summed E-state index contributed by atoms with van der Waals surface area (Å²) in [5, 5.41) is 26.8. The molecule has 0 aliphatic carbocycles. The first-order valence-corrected chi connectivity index (χ1v) is 6.64. The molecule has 2 N–H and O–H groups in total. The van der Waals surface area contributed by atoms with Crippen molar-refractivity contribution in [1.29, 1.82) is 0 Å². The van der Waals surface area contributed by atoms with Crippen LogP contribution in [0.25, 0.3) is 0 Å². The fraction of sp³-hybridized carbons (Fsp3) is 0.250. The summed E-state index contributed by atoms with van der Waals surface area (Å²) in [6.07, 6.45) is 1.07. The first kappa shape index (κ1) is 14.4. The number of aliphatic hydroxyl groups excluding tert-OH is 2. The van der Waals surface area contributed by atoms with E-state index in [-0.39, 0.29) is 13.2 Å². The number of azo groups is 1. The van der Waals surface area contributed by atoms with Crippen LogP contribution in [0.1, 0.15) is 11.1 Å². The highest BCUT2D eigenvalue weighted by Crippen LogP contribution is 2.26. The molecule has 0 spiro atoms. The summed E-state index contributed by atoms with van der Waals surface area (Å²) in [5.41, 5.74) is 3.48. The highest BCUT2D eigenvalue weighted by Gasteiger charge is 2.07. The fourth-order valence-electron chi connectivity index (χ4n) is 2.08. The quantitative estimate of drug-likeness (QED) is 0.792. The molecule has 104 valence electrons. The Hall–Kier alpha value is -2.04. The third kappa shape index (κ3) is 3.73. The maximum atomic E-state index is 9.19. The van der Waals surface area contributed by atoms with Crippen LogP contribution >= 0.6 is 0 Å². The summed E-state index contributed by atoms with van der Waals surface area (Å²) in [5.74, 6) is 0. The molecule has 0 unspecified atom stereocenters. The number of hydrogen-bond donors (Lipinski definition) is 2. The summed E-state index contributed by atoms with van der Waals surface area (Å²) in [6, 6.07) is 15.2. The van der Waals surface area contributed by atoms with Crippen LogP contribution in [0.2, 0.25) is 0 Å². The van der Waals surface area contributed by atoms with Gasteiger partial charge >= 0.3 is 0 Å². The molecule has 0 saturated carbocycles. The molecule has 2 rings (SSSR count). The molecule has 0 aliphatic rings. The third-order valence-electron chi connectivity index (χ3n) is 3.02. The van der Waals surface area contributed by atoms with Crippen LogP contribution in [0.3, 0.4) is 0 Å². The van der Waals surface area contributed by atoms with Crippen molar-refractivity contribution >= 4 is 11.4 Å². The molecule has 4 nitrogen and oxygen atoms in total. The molecule has 20 heavy (non-hydrogen) atoms. The van der Waals surface area contributed by atoms with Crippen LogP contribution in [-0.2, 0) is 12.8 Å². The minimum absolute atomic E-state index is 0.0519. The van der Waals surface area contributed by atoms with Crippen LogP contribution in [-0.4, -0.2) is 23.4 Å². The molecule has 0 saturated heterocycles. The van der Waals surface area contributed by atoms with Crippen molar-refractivity contribution in [2.24, 2.45) is 10.2 Å². The first-order valence-electron chi connectivity index (χ1n) is 6.64. The van der Waals surface area contributed by atoms with Gasteiger partial charge in [-0.2, -0.15) is 10.2 Å². The molecule has 0 fully saturated rings. The zero-order valence-electron chi connectivity index (χ0n) is 11.2. The number of hydrogen-bond acceptors (Lipinski definition) is 4. The van der Waals surface area contributed by atoms with Crippen LogP contribution in [0.4, 0.5) is 11.4 Å². The van der Waals surface area contributed by atoms with E-state index in [0.717, 1.165) is 22.5 Å². The van der Waals surface area contributed by atoms with E-state index in [0.29, 0.717) is 12.8 Å². The van der Waals surface area contributed by atoms with Gasteiger partial charge in [-0.05, 0) is 42.2 Å². The average Bonchev–Trinajstić information content (AvgIpc) is 2.49. The van der Waals surface area contributed by atoms with E-state index in [4.69, 9.17) is 5.11 Å². The van der Waals surface area contributed by atoms with Crippen molar-refractivity contribution in [2.75, 3.05) is 13.2 Å². The third-order valence-corrected chi connectivity index (χ3v) is 3.02. The Kier molecular flexibility index (Phi) is 5.41. The van der Waals surface area contributed by atoms with E-state index in [1.807, 2.05) is 48.5 Å². The maximum absolute atomic E-state index is 9.19. The molecule has 2 aromatic rings. The summed E-state index contributed by atoms with van der Waals surface area (Å²) in [7, 11) is 0. The Morgan fingerprint density at radius 3 is 2.20 bits per heavy atom. The predicted octanol–water partition coefficient (Wildman–Crippen LogP) is 3.17. The summed E-state index contributed by atoms with van der Waals surface area (Å²) < 4.78 is 0. The number of rotatable bonds is 6. The fourth-order valence-corrected chi connectivity index (χ4v) is 2.08. The molecule has 0 atom stereocenters. The lowest BCUT2D eigenvalue weighted by Crippen LogP contribution is -2.00. The van der Waals surface area contributed by atoms with Gasteiger partial charge in [-0.1, -0.05) is 30.3 Å². The minimum Gasteiger partial charge on any atom is -0.396 e. The highest BCUT2D eigenvalue weighted by molar-refractivity contribution is 5.51. The van der Waals surface area contributed by atoms with E-state index < -0.39 is 0 Å². The number of aliphatic hydroxyl groups is 2. The van der Waals surface area contributed by atoms with Gasteiger partial charge in [-0.15, -0.1) is 0 Å². The van der Waals surface area contributed by atoms with Gasteiger partial charge in [0.05, 0.1) is 11.4 Å². The van der Waals surface area contributed by atoms with Gasteiger partial charge in [-0.3, -0.25) is 0 Å². The standard InChI is InChI=1S/C16H18N2O2/c19-11-9-13-5-4-8-16(15(13)10-12-20)18-17-14-6-2-1-3-7-14/h1-8,19-20H,9-12H2. The Bertz CT molecular complexity index is 568. The minimum atomic E-state index is 0.0519. The van der Waals surface area contributed by atoms with Crippen LogP contribution in [0.15, 0.2) is 58.8 Å². The second-order valence-corrected chi connectivity index (χ2v) is 4.40. The molecule has 0 radical (unpaired) electrons. The largest absolute Gasteiger partial charge is 0.396 e. The highest BCUT2D eigenvalue weighted by atomic mass is 16.3. The average molecular weight is 270 g/mol. The molecule has 0 amide bonds. The molecular formula is C16H18N2O2. The smallest absolute Gasteiger partial charge is 0.0892 e. The molecule has 0 heterocycles. The Balaban J connectivity index is 2.30. The summed E-state index contributed by atoms with van der Waals surface area (Å²) >= 11 is 0. The van der Waals surface area contributed by atoms with Gasteiger partial charge in [0.25, 0.3) is 0 Å². The topological polar surface area (TPSA) is 65.2 Å². The lowest BCUT2D eigenvalue weighted by atomic mass is 10.0. The zero-order chi connectivity index (χ0) is 14.2. The summed E-state index contributed by atoms with van der Waals surface area (Å²) in [4.78, 5) is 0. The van der Waals surface area contributed by atoms with E-state index in [2.05, 4.69) is 10.2 Å². The normalized spacial score (nSPS) is 11.1. The Morgan fingerprint density at radius 2 is 1.50 bits per heavy atom. The lowest BCUT2D eigenvalue weighted by Gasteiger charge is -2.09. The number of benzene rings is 2. The van der Waals surface area contributed by atoms with Gasteiger partial charge in [0, 0.05) is 13.2 Å². The lowest BCUT2D eigenvalue weighted by molar-refractivity contribution is 0.293. The van der Waals surface area contributed by atoms with Crippen molar-refractivity contribution in [2.45, 2.75) is 12.8 Å². The Labute approximate surface area is 118 Å². The van der Waals surface area contributed by atoms with Gasteiger partial charge in [0.15, 0.2) is 0 Å². The van der Waals surface area contributed by atoms with Gasteiger partial charge in [0.2, 0.25) is 0 Å².